The van der Waals surface area contributed by atoms with Crippen molar-refractivity contribution in [2.45, 2.75) is 32.0 Å². The van der Waals surface area contributed by atoms with Gasteiger partial charge in [-0.25, -0.2) is 9.78 Å². The summed E-state index contributed by atoms with van der Waals surface area (Å²) < 4.78 is 40.7. The Bertz CT molecular complexity index is 721. The number of para-hydroxylation sites is 1. The zero-order valence-electron chi connectivity index (χ0n) is 11.2. The van der Waals surface area contributed by atoms with Gasteiger partial charge in [0, 0.05) is 6.04 Å². The van der Waals surface area contributed by atoms with Crippen LogP contribution in [-0.4, -0.2) is 20.6 Å². The van der Waals surface area contributed by atoms with Crippen molar-refractivity contribution >= 4 is 17.0 Å². The highest BCUT2D eigenvalue weighted by Gasteiger charge is 2.46. The van der Waals surface area contributed by atoms with E-state index in [2.05, 4.69) is 4.98 Å². The number of carbonyl (C=O) groups is 1. The van der Waals surface area contributed by atoms with E-state index in [0.29, 0.717) is 6.42 Å². The maximum atomic E-state index is 13.2. The van der Waals surface area contributed by atoms with Crippen molar-refractivity contribution in [3.05, 3.63) is 29.6 Å². The maximum Gasteiger partial charge on any atom is 0.449 e. The lowest BCUT2D eigenvalue weighted by molar-refractivity contribution is -0.147. The summed E-state index contributed by atoms with van der Waals surface area (Å²) in [5.74, 6) is -2.11. The van der Waals surface area contributed by atoms with Crippen molar-refractivity contribution in [2.75, 3.05) is 0 Å². The topological polar surface area (TPSA) is 55.1 Å². The number of nitrogens with zero attached hydrogens (tertiary/aromatic N) is 2. The molecule has 0 amide bonds. The first-order valence-electron chi connectivity index (χ1n) is 6.66. The Morgan fingerprint density at radius 1 is 1.48 bits per heavy atom. The molecule has 1 aromatic carbocycles. The number of aromatic carboxylic acids is 1. The van der Waals surface area contributed by atoms with E-state index in [4.69, 9.17) is 0 Å². The van der Waals surface area contributed by atoms with E-state index < -0.39 is 18.0 Å². The number of carboxylic acid groups (broad SMARTS) is 1. The molecule has 1 aliphatic carbocycles. The van der Waals surface area contributed by atoms with Crippen molar-refractivity contribution in [1.82, 2.24) is 9.55 Å². The Labute approximate surface area is 118 Å². The molecule has 21 heavy (non-hydrogen) atoms. The standard InChI is InChI=1S/C14H13F3N2O2/c1-2-7-6-10(7)19-11-8(12(20)21)4-3-5-9(11)18-13(19)14(15,16)17/h3-5,7,10H,2,6H2,1H3,(H,20,21). The normalized spacial score (nSPS) is 21.7. The molecule has 1 aliphatic rings. The Morgan fingerprint density at radius 2 is 2.19 bits per heavy atom. The van der Waals surface area contributed by atoms with E-state index in [0.717, 1.165) is 11.0 Å². The first-order chi connectivity index (χ1) is 9.84. The summed E-state index contributed by atoms with van der Waals surface area (Å²) in [6, 6.07) is 3.81. The highest BCUT2D eigenvalue weighted by Crippen LogP contribution is 2.49. The van der Waals surface area contributed by atoms with Gasteiger partial charge in [-0.15, -0.1) is 0 Å². The molecule has 1 aromatic heterocycles. The van der Waals surface area contributed by atoms with Crippen LogP contribution in [0.15, 0.2) is 18.2 Å². The van der Waals surface area contributed by atoms with Gasteiger partial charge in [0.2, 0.25) is 5.82 Å². The van der Waals surface area contributed by atoms with E-state index in [1.54, 1.807) is 0 Å². The number of hydrogen-bond donors (Lipinski definition) is 1. The fourth-order valence-electron chi connectivity index (χ4n) is 2.83. The van der Waals surface area contributed by atoms with Gasteiger partial charge in [0.1, 0.15) is 0 Å². The van der Waals surface area contributed by atoms with Crippen LogP contribution in [0.3, 0.4) is 0 Å². The number of rotatable bonds is 3. The van der Waals surface area contributed by atoms with Gasteiger partial charge in [-0.3, -0.25) is 0 Å². The number of fused-ring (bicyclic) bond motifs is 1. The highest BCUT2D eigenvalue weighted by atomic mass is 19.4. The molecule has 2 unspecified atom stereocenters. The Kier molecular flexibility index (Phi) is 2.96. The summed E-state index contributed by atoms with van der Waals surface area (Å²) in [5, 5.41) is 9.22. The molecule has 1 fully saturated rings. The van der Waals surface area contributed by atoms with E-state index in [1.807, 2.05) is 6.92 Å². The molecule has 1 saturated carbocycles. The lowest BCUT2D eigenvalue weighted by Crippen LogP contribution is -2.15. The van der Waals surface area contributed by atoms with Gasteiger partial charge in [-0.1, -0.05) is 19.4 Å². The van der Waals surface area contributed by atoms with Crippen molar-refractivity contribution in [1.29, 1.82) is 0 Å². The van der Waals surface area contributed by atoms with Gasteiger partial charge in [0.05, 0.1) is 16.6 Å². The molecule has 0 bridgehead atoms. The predicted octanol–water partition coefficient (Wildman–Crippen LogP) is 3.72. The van der Waals surface area contributed by atoms with Gasteiger partial charge in [-0.2, -0.15) is 13.2 Å². The van der Waals surface area contributed by atoms with Crippen LogP contribution >= 0.6 is 0 Å². The molecule has 0 aliphatic heterocycles. The van der Waals surface area contributed by atoms with E-state index in [9.17, 15) is 23.1 Å². The van der Waals surface area contributed by atoms with Crippen molar-refractivity contribution in [3.63, 3.8) is 0 Å². The largest absolute Gasteiger partial charge is 0.478 e. The van der Waals surface area contributed by atoms with Gasteiger partial charge < -0.3 is 9.67 Å². The molecule has 0 spiro atoms. The number of halogens is 3. The molecule has 0 saturated heterocycles. The Hall–Kier alpha value is -2.05. The Morgan fingerprint density at radius 3 is 2.71 bits per heavy atom. The van der Waals surface area contributed by atoms with Crippen LogP contribution < -0.4 is 0 Å². The second kappa shape index (κ2) is 4.47. The third-order valence-corrected chi connectivity index (χ3v) is 3.94. The predicted molar refractivity (Wildman–Crippen MR) is 69.1 cm³/mol. The van der Waals surface area contributed by atoms with E-state index in [1.165, 1.54) is 18.2 Å². The third-order valence-electron chi connectivity index (χ3n) is 3.94. The zero-order chi connectivity index (χ0) is 15.4. The van der Waals surface area contributed by atoms with Crippen molar-refractivity contribution < 1.29 is 23.1 Å². The van der Waals surface area contributed by atoms with Crippen molar-refractivity contribution in [3.8, 4) is 0 Å². The minimum absolute atomic E-state index is 0.0678. The number of imidazole rings is 1. The smallest absolute Gasteiger partial charge is 0.449 e. The molecule has 1 heterocycles. The number of aromatic nitrogens is 2. The second-order valence-corrected chi connectivity index (χ2v) is 5.25. The number of hydrogen-bond acceptors (Lipinski definition) is 2. The summed E-state index contributed by atoms with van der Waals surface area (Å²) in [6.07, 6.45) is -3.22. The van der Waals surface area contributed by atoms with Crippen LogP contribution in [-0.2, 0) is 6.18 Å². The zero-order valence-corrected chi connectivity index (χ0v) is 11.2. The summed E-state index contributed by atoms with van der Waals surface area (Å²) >= 11 is 0. The third kappa shape index (κ3) is 2.16. The van der Waals surface area contributed by atoms with Gasteiger partial charge in [0.25, 0.3) is 0 Å². The molecule has 1 N–H and O–H groups in total. The molecule has 4 nitrogen and oxygen atoms in total. The van der Waals surface area contributed by atoms with Crippen molar-refractivity contribution in [2.24, 2.45) is 5.92 Å². The molecular weight excluding hydrogens is 285 g/mol. The Balaban J connectivity index is 2.31. The molecule has 7 heteroatoms. The quantitative estimate of drug-likeness (QED) is 0.939. The van der Waals surface area contributed by atoms with Crippen LogP contribution in [0.2, 0.25) is 0 Å². The fraction of sp³-hybridized carbons (Fsp3) is 0.429. The summed E-state index contributed by atoms with van der Waals surface area (Å²) in [5.41, 5.74) is -0.000457. The summed E-state index contributed by atoms with van der Waals surface area (Å²) in [7, 11) is 0. The molecular formula is C14H13F3N2O2. The van der Waals surface area contributed by atoms with E-state index >= 15 is 0 Å². The van der Waals surface area contributed by atoms with Crippen LogP contribution in [0.4, 0.5) is 13.2 Å². The summed E-state index contributed by atoms with van der Waals surface area (Å²) in [6.45, 7) is 1.91. The molecule has 2 aromatic rings. The minimum atomic E-state index is -4.60. The summed E-state index contributed by atoms with van der Waals surface area (Å²) in [4.78, 5) is 14.9. The molecule has 2 atom stereocenters. The van der Waals surface area contributed by atoms with Crippen LogP contribution in [0.1, 0.15) is 42.0 Å². The number of alkyl halides is 3. The molecule has 0 radical (unpaired) electrons. The van der Waals surface area contributed by atoms with E-state index in [-0.39, 0.29) is 28.6 Å². The van der Waals surface area contributed by atoms with Gasteiger partial charge in [0.15, 0.2) is 0 Å². The first kappa shape index (κ1) is 13.9. The fourth-order valence-corrected chi connectivity index (χ4v) is 2.83. The van der Waals surface area contributed by atoms with Gasteiger partial charge in [-0.05, 0) is 24.5 Å². The molecule has 3 rings (SSSR count). The number of carboxylic acids is 1. The highest BCUT2D eigenvalue weighted by molar-refractivity contribution is 6.01. The lowest BCUT2D eigenvalue weighted by Gasteiger charge is -2.12. The number of benzene rings is 1. The molecule has 112 valence electrons. The van der Waals surface area contributed by atoms with Gasteiger partial charge >= 0.3 is 12.1 Å². The SMILES string of the molecule is CCC1CC1n1c(C(F)(F)F)nc2cccc(C(=O)O)c21. The minimum Gasteiger partial charge on any atom is -0.478 e. The maximum absolute atomic E-state index is 13.2. The van der Waals surface area contributed by atoms with Crippen LogP contribution in [0.5, 0.6) is 0 Å². The van der Waals surface area contributed by atoms with Crippen LogP contribution in [0, 0.1) is 5.92 Å². The lowest BCUT2D eigenvalue weighted by atomic mass is 10.2. The monoisotopic (exact) mass is 298 g/mol. The average molecular weight is 298 g/mol. The second-order valence-electron chi connectivity index (χ2n) is 5.25. The first-order valence-corrected chi connectivity index (χ1v) is 6.66. The average Bonchev–Trinajstić information content (AvgIpc) is 3.07. The van der Waals surface area contributed by atoms with Crippen LogP contribution in [0.25, 0.3) is 11.0 Å².